The molecule has 3 aliphatic heterocycles. The van der Waals surface area contributed by atoms with Gasteiger partial charge in [0.05, 0.1) is 5.60 Å². The molecule has 2 atom stereocenters. The van der Waals surface area contributed by atoms with E-state index in [0.29, 0.717) is 25.6 Å². The number of carbonyl (C=O) groups is 1. The summed E-state index contributed by atoms with van der Waals surface area (Å²) in [6, 6.07) is 0.153. The first-order valence-corrected chi connectivity index (χ1v) is 15.7. The van der Waals surface area contributed by atoms with Gasteiger partial charge in [0.25, 0.3) is 0 Å². The highest BCUT2D eigenvalue weighted by Gasteiger charge is 2.33. The number of hydrogen-bond donors (Lipinski definition) is 2. The molecule has 3 heterocycles. The van der Waals surface area contributed by atoms with E-state index >= 15 is 0 Å². The van der Waals surface area contributed by atoms with Crippen LogP contribution in [0.2, 0.25) is 0 Å². The maximum absolute atomic E-state index is 12.8. The first-order chi connectivity index (χ1) is 16.5. The smallest absolute Gasteiger partial charge is 0.220 e. The number of unbranched alkanes of at least 4 members (excludes halogenated alkanes) is 2. The molecule has 34 heavy (non-hydrogen) atoms. The van der Waals surface area contributed by atoms with Gasteiger partial charge in [-0.15, -0.1) is 0 Å². The van der Waals surface area contributed by atoms with Crippen LogP contribution < -0.4 is 5.32 Å². The first kappa shape index (κ1) is 26.1. The highest BCUT2D eigenvalue weighted by molar-refractivity contribution is 14.2. The lowest BCUT2D eigenvalue weighted by molar-refractivity contribution is -0.122. The third-order valence-electron chi connectivity index (χ3n) is 7.73. The molecule has 4 aliphatic rings. The number of allylic oxidation sites excluding steroid dienone is 2. The number of hydrogen-bond acceptors (Lipinski definition) is 5. The van der Waals surface area contributed by atoms with Gasteiger partial charge in [-0.05, 0) is 80.5 Å². The van der Waals surface area contributed by atoms with E-state index in [1.54, 1.807) is 0 Å². The molecule has 2 N–H and O–H groups in total. The molecule has 1 amide bonds. The van der Waals surface area contributed by atoms with Crippen LogP contribution in [0.5, 0.6) is 0 Å². The highest BCUT2D eigenvalue weighted by atomic mass is 127. The fourth-order valence-electron chi connectivity index (χ4n) is 5.71. The zero-order chi connectivity index (χ0) is 23.8. The van der Waals surface area contributed by atoms with Crippen molar-refractivity contribution < 1.29 is 19.4 Å². The van der Waals surface area contributed by atoms with E-state index in [1.165, 1.54) is 42.1 Å². The predicted octanol–water partition coefficient (Wildman–Crippen LogP) is 4.78. The standard InChI is InChI=1S/C27H43IN2O4/c1-27(32,21-9-4-5-10-21)12-6-2-3-11-26(31)29-23(20-30-13-7-8-14-30)17-22-18-24-25(19-28-22)34-16-15-33-24/h18-19,21,23,32H,2-17,20H2,1H3,(H,29,31)/t23-,27?/m0/s1. The van der Waals surface area contributed by atoms with Crippen LogP contribution in [-0.4, -0.2) is 64.4 Å². The van der Waals surface area contributed by atoms with Crippen molar-refractivity contribution in [3.63, 3.8) is 0 Å². The Morgan fingerprint density at radius 3 is 2.65 bits per heavy atom. The molecule has 4 rings (SSSR count). The molecule has 0 spiro atoms. The molecule has 192 valence electrons. The molecule has 0 radical (unpaired) electrons. The van der Waals surface area contributed by atoms with Gasteiger partial charge in [-0.1, -0.05) is 46.4 Å². The molecule has 1 unspecified atom stereocenters. The SMILES string of the molecule is CC(O)(CCCCCC(=O)N[C@@H](CC1=CC2=C(C=I1)OCCO2)CN1CCCC1)C1CCCC1. The van der Waals surface area contributed by atoms with Crippen LogP contribution in [0.1, 0.15) is 84.0 Å². The largest absolute Gasteiger partial charge is 0.486 e. The fraction of sp³-hybridized carbons (Fsp3) is 0.778. The van der Waals surface area contributed by atoms with Gasteiger partial charge in [-0.2, -0.15) is 0 Å². The Morgan fingerprint density at radius 1 is 1.15 bits per heavy atom. The van der Waals surface area contributed by atoms with E-state index in [1.807, 2.05) is 6.92 Å². The Balaban J connectivity index is 1.22. The van der Waals surface area contributed by atoms with Gasteiger partial charge < -0.3 is 24.8 Å². The van der Waals surface area contributed by atoms with E-state index < -0.39 is 5.60 Å². The summed E-state index contributed by atoms with van der Waals surface area (Å²) in [5.74, 6) is 2.41. The lowest BCUT2D eigenvalue weighted by atomic mass is 9.83. The van der Waals surface area contributed by atoms with Crippen molar-refractivity contribution in [3.05, 3.63) is 21.2 Å². The van der Waals surface area contributed by atoms with Crippen LogP contribution >= 0.6 is 20.7 Å². The summed E-state index contributed by atoms with van der Waals surface area (Å²) in [5.41, 5.74) is -0.532. The van der Waals surface area contributed by atoms with Gasteiger partial charge in [0.15, 0.2) is 11.5 Å². The zero-order valence-corrected chi connectivity index (χ0v) is 23.0. The van der Waals surface area contributed by atoms with E-state index in [9.17, 15) is 9.90 Å². The predicted molar refractivity (Wildman–Crippen MR) is 145 cm³/mol. The van der Waals surface area contributed by atoms with Crippen molar-refractivity contribution in [1.29, 1.82) is 0 Å². The number of ether oxygens (including phenoxy) is 2. The molecule has 0 aromatic rings. The first-order valence-electron chi connectivity index (χ1n) is 13.4. The van der Waals surface area contributed by atoms with Crippen molar-refractivity contribution >= 4 is 30.6 Å². The second-order valence-corrected chi connectivity index (χ2v) is 13.2. The fourth-order valence-corrected chi connectivity index (χ4v) is 8.13. The number of likely N-dealkylation sites (tertiary alicyclic amines) is 1. The van der Waals surface area contributed by atoms with E-state index in [0.717, 1.165) is 63.3 Å². The summed E-state index contributed by atoms with van der Waals surface area (Å²) in [6.07, 6.45) is 14.8. The quantitative estimate of drug-likeness (QED) is 0.255. The van der Waals surface area contributed by atoms with Crippen molar-refractivity contribution in [2.45, 2.75) is 95.6 Å². The number of nitrogens with one attached hydrogen (secondary N) is 1. The summed E-state index contributed by atoms with van der Waals surface area (Å²) in [6.45, 7) is 6.47. The third kappa shape index (κ3) is 7.79. The molecule has 0 bridgehead atoms. The molecule has 2 fully saturated rings. The van der Waals surface area contributed by atoms with Gasteiger partial charge in [0, 0.05) is 23.0 Å². The number of rotatable bonds is 12. The molecule has 1 saturated heterocycles. The summed E-state index contributed by atoms with van der Waals surface area (Å²) < 4.78 is 15.1. The minimum atomic E-state index is -0.532. The van der Waals surface area contributed by atoms with E-state index in [2.05, 4.69) is 20.3 Å². The minimum absolute atomic E-state index is 0.153. The Morgan fingerprint density at radius 2 is 1.88 bits per heavy atom. The number of carbonyl (C=O) groups excluding carboxylic acids is 1. The summed E-state index contributed by atoms with van der Waals surface area (Å²) >= 11 is -0.229. The Bertz CT molecular complexity index is 779. The summed E-state index contributed by atoms with van der Waals surface area (Å²) in [7, 11) is 0. The Labute approximate surface area is 215 Å². The van der Waals surface area contributed by atoms with Gasteiger partial charge >= 0.3 is 0 Å². The van der Waals surface area contributed by atoms with Gasteiger partial charge in [-0.25, -0.2) is 0 Å². The number of amides is 1. The lowest BCUT2D eigenvalue weighted by Crippen LogP contribution is -2.43. The Hall–Kier alpha value is -0.930. The molecule has 6 nitrogen and oxygen atoms in total. The molecule has 1 aliphatic carbocycles. The van der Waals surface area contributed by atoms with Crippen molar-refractivity contribution in [2.75, 3.05) is 32.8 Å². The van der Waals surface area contributed by atoms with Crippen molar-refractivity contribution in [1.82, 2.24) is 10.2 Å². The van der Waals surface area contributed by atoms with Crippen LogP contribution in [0.15, 0.2) is 21.2 Å². The van der Waals surface area contributed by atoms with Gasteiger partial charge in [-0.3, -0.25) is 4.79 Å². The minimum Gasteiger partial charge on any atom is -0.486 e. The van der Waals surface area contributed by atoms with Crippen LogP contribution in [-0.2, 0) is 14.3 Å². The van der Waals surface area contributed by atoms with Crippen molar-refractivity contribution in [2.24, 2.45) is 5.92 Å². The average Bonchev–Trinajstić information content (AvgIpc) is 3.54. The Kier molecular flexibility index (Phi) is 9.89. The second kappa shape index (κ2) is 12.9. The molecular formula is C27H43IN2O4. The molecule has 7 heteroatoms. The van der Waals surface area contributed by atoms with Crippen LogP contribution in [0.25, 0.3) is 0 Å². The maximum Gasteiger partial charge on any atom is 0.220 e. The monoisotopic (exact) mass is 586 g/mol. The molecule has 0 aromatic carbocycles. The number of halogens is 1. The topological polar surface area (TPSA) is 71.0 Å². The highest BCUT2D eigenvalue weighted by Crippen LogP contribution is 2.37. The van der Waals surface area contributed by atoms with Gasteiger partial charge in [0.1, 0.15) is 13.2 Å². The van der Waals surface area contributed by atoms with E-state index in [-0.39, 0.29) is 32.7 Å². The summed E-state index contributed by atoms with van der Waals surface area (Å²) in [5, 5.41) is 14.2. The second-order valence-electron chi connectivity index (χ2n) is 10.6. The maximum atomic E-state index is 12.8. The lowest BCUT2D eigenvalue weighted by Gasteiger charge is -2.30. The molecule has 0 aromatic heterocycles. The van der Waals surface area contributed by atoms with Crippen LogP contribution in [0, 0.1) is 5.92 Å². The third-order valence-corrected chi connectivity index (χ3v) is 10.2. The number of nitrogens with zero attached hydrogens (tertiary/aromatic N) is 1. The van der Waals surface area contributed by atoms with Crippen molar-refractivity contribution in [3.8, 4) is 0 Å². The molecule has 1 saturated carbocycles. The zero-order valence-electron chi connectivity index (χ0n) is 20.8. The molecular weight excluding hydrogens is 543 g/mol. The number of aliphatic hydroxyl groups is 1. The normalized spacial score (nSPS) is 23.9. The van der Waals surface area contributed by atoms with Gasteiger partial charge in [0.2, 0.25) is 5.91 Å². The average molecular weight is 587 g/mol. The summed E-state index contributed by atoms with van der Waals surface area (Å²) in [4.78, 5) is 15.3. The van der Waals surface area contributed by atoms with Crippen LogP contribution in [0.4, 0.5) is 0 Å². The van der Waals surface area contributed by atoms with E-state index in [4.69, 9.17) is 9.47 Å². The van der Waals surface area contributed by atoms with Crippen LogP contribution in [0.3, 0.4) is 0 Å².